The highest BCUT2D eigenvalue weighted by atomic mass is 16.5. The fraction of sp³-hybridized carbons (Fsp3) is 0.750. The van der Waals surface area contributed by atoms with Crippen molar-refractivity contribution < 1.29 is 4.74 Å². The number of H-pyrrole nitrogens is 1. The van der Waals surface area contributed by atoms with E-state index in [1.807, 2.05) is 6.07 Å². The zero-order valence-electron chi connectivity index (χ0n) is 10.1. The van der Waals surface area contributed by atoms with Gasteiger partial charge in [-0.25, -0.2) is 0 Å². The van der Waals surface area contributed by atoms with E-state index in [0.717, 1.165) is 18.8 Å². The Bertz CT molecular complexity index is 306. The maximum atomic E-state index is 5.15. The molecule has 0 aliphatic heterocycles. The number of ether oxygens (including phenoxy) is 1. The Labute approximate surface area is 96.8 Å². The van der Waals surface area contributed by atoms with Crippen molar-refractivity contribution in [3.63, 3.8) is 0 Å². The second-order valence-electron chi connectivity index (χ2n) is 4.86. The van der Waals surface area contributed by atoms with Crippen LogP contribution in [0.3, 0.4) is 0 Å². The van der Waals surface area contributed by atoms with Crippen LogP contribution in [0.15, 0.2) is 12.3 Å². The standard InChI is InChI=1S/C12H21N3O/c1-10(11-3-7-14-15-11)13-9-12(4-5-12)6-8-16-2/h3,7,10,13H,4-6,8-9H2,1-2H3,(H,14,15). The number of aromatic nitrogens is 2. The van der Waals surface area contributed by atoms with Crippen LogP contribution in [0.25, 0.3) is 0 Å². The minimum atomic E-state index is 0.350. The Balaban J connectivity index is 1.75. The molecule has 1 unspecified atom stereocenters. The minimum Gasteiger partial charge on any atom is -0.385 e. The van der Waals surface area contributed by atoms with E-state index in [0.29, 0.717) is 11.5 Å². The van der Waals surface area contributed by atoms with Gasteiger partial charge < -0.3 is 10.1 Å². The highest BCUT2D eigenvalue weighted by Gasteiger charge is 2.41. The van der Waals surface area contributed by atoms with Crippen LogP contribution in [0.2, 0.25) is 0 Å². The van der Waals surface area contributed by atoms with Crippen LogP contribution in [0.1, 0.15) is 37.9 Å². The van der Waals surface area contributed by atoms with Gasteiger partial charge in [0.1, 0.15) is 0 Å². The maximum Gasteiger partial charge on any atom is 0.0518 e. The van der Waals surface area contributed by atoms with E-state index in [2.05, 4.69) is 22.4 Å². The second-order valence-corrected chi connectivity index (χ2v) is 4.86. The van der Waals surface area contributed by atoms with Gasteiger partial charge in [-0.3, -0.25) is 5.10 Å². The monoisotopic (exact) mass is 223 g/mol. The van der Waals surface area contributed by atoms with Gasteiger partial charge in [0.15, 0.2) is 0 Å². The molecule has 1 atom stereocenters. The van der Waals surface area contributed by atoms with Crippen LogP contribution < -0.4 is 5.32 Å². The number of nitrogens with one attached hydrogen (secondary N) is 2. The lowest BCUT2D eigenvalue weighted by atomic mass is 10.0. The van der Waals surface area contributed by atoms with Crippen molar-refractivity contribution in [1.29, 1.82) is 0 Å². The fourth-order valence-corrected chi connectivity index (χ4v) is 2.00. The molecule has 1 fully saturated rings. The number of hydrogen-bond donors (Lipinski definition) is 2. The lowest BCUT2D eigenvalue weighted by molar-refractivity contribution is 0.170. The van der Waals surface area contributed by atoms with E-state index in [1.165, 1.54) is 19.3 Å². The zero-order valence-corrected chi connectivity index (χ0v) is 10.1. The second kappa shape index (κ2) is 4.97. The first-order valence-electron chi connectivity index (χ1n) is 5.97. The van der Waals surface area contributed by atoms with Gasteiger partial charge in [0.25, 0.3) is 0 Å². The minimum absolute atomic E-state index is 0.350. The molecule has 2 rings (SSSR count). The van der Waals surface area contributed by atoms with E-state index >= 15 is 0 Å². The Morgan fingerprint density at radius 1 is 1.62 bits per heavy atom. The third-order valence-electron chi connectivity index (χ3n) is 3.57. The summed E-state index contributed by atoms with van der Waals surface area (Å²) in [5, 5.41) is 10.5. The van der Waals surface area contributed by atoms with Crippen molar-refractivity contribution in [3.8, 4) is 0 Å². The van der Waals surface area contributed by atoms with Gasteiger partial charge in [0, 0.05) is 32.5 Å². The van der Waals surface area contributed by atoms with E-state index in [4.69, 9.17) is 4.74 Å². The van der Waals surface area contributed by atoms with Gasteiger partial charge in [-0.2, -0.15) is 5.10 Å². The summed E-state index contributed by atoms with van der Waals surface area (Å²) in [6.07, 6.45) is 5.63. The van der Waals surface area contributed by atoms with Crippen molar-refractivity contribution >= 4 is 0 Å². The largest absolute Gasteiger partial charge is 0.385 e. The van der Waals surface area contributed by atoms with E-state index < -0.39 is 0 Å². The SMILES string of the molecule is COCCC1(CNC(C)c2ccn[nH]2)CC1. The van der Waals surface area contributed by atoms with Crippen LogP contribution in [0.5, 0.6) is 0 Å². The van der Waals surface area contributed by atoms with Crippen LogP contribution in [0.4, 0.5) is 0 Å². The molecular weight excluding hydrogens is 202 g/mol. The Hall–Kier alpha value is -0.870. The topological polar surface area (TPSA) is 49.9 Å². The third-order valence-corrected chi connectivity index (χ3v) is 3.57. The summed E-state index contributed by atoms with van der Waals surface area (Å²) in [5.41, 5.74) is 1.66. The molecule has 0 aromatic carbocycles. The average molecular weight is 223 g/mol. The summed E-state index contributed by atoms with van der Waals surface area (Å²) in [5.74, 6) is 0. The van der Waals surface area contributed by atoms with E-state index in [1.54, 1.807) is 13.3 Å². The molecular formula is C12H21N3O. The molecule has 0 bridgehead atoms. The highest BCUT2D eigenvalue weighted by Crippen LogP contribution is 2.48. The zero-order chi connectivity index (χ0) is 11.4. The first-order chi connectivity index (χ1) is 7.76. The fourth-order valence-electron chi connectivity index (χ4n) is 2.00. The van der Waals surface area contributed by atoms with E-state index in [-0.39, 0.29) is 0 Å². The van der Waals surface area contributed by atoms with Crippen LogP contribution in [-0.4, -0.2) is 30.5 Å². The molecule has 1 aliphatic rings. The van der Waals surface area contributed by atoms with Crippen LogP contribution in [0, 0.1) is 5.41 Å². The summed E-state index contributed by atoms with van der Waals surface area (Å²) in [7, 11) is 1.77. The Morgan fingerprint density at radius 2 is 2.44 bits per heavy atom. The van der Waals surface area contributed by atoms with Gasteiger partial charge in [-0.15, -0.1) is 0 Å². The summed E-state index contributed by atoms with van der Waals surface area (Å²) in [6, 6.07) is 2.37. The maximum absolute atomic E-state index is 5.15. The summed E-state index contributed by atoms with van der Waals surface area (Å²) >= 11 is 0. The van der Waals surface area contributed by atoms with Gasteiger partial charge in [-0.1, -0.05) is 0 Å². The third kappa shape index (κ3) is 2.83. The first kappa shape index (κ1) is 11.6. The van der Waals surface area contributed by atoms with Crippen molar-refractivity contribution in [2.24, 2.45) is 5.41 Å². The predicted molar refractivity (Wildman–Crippen MR) is 63.2 cm³/mol. The predicted octanol–water partition coefficient (Wildman–Crippen LogP) is 1.88. The molecule has 2 N–H and O–H groups in total. The van der Waals surface area contributed by atoms with Gasteiger partial charge in [0.2, 0.25) is 0 Å². The van der Waals surface area contributed by atoms with Crippen molar-refractivity contribution in [2.75, 3.05) is 20.3 Å². The molecule has 1 saturated carbocycles. The number of rotatable bonds is 7. The molecule has 1 aromatic heterocycles. The molecule has 0 saturated heterocycles. The van der Waals surface area contributed by atoms with Gasteiger partial charge in [-0.05, 0) is 37.7 Å². The average Bonchev–Trinajstić information content (AvgIpc) is 2.85. The number of aromatic amines is 1. The molecule has 1 aromatic rings. The molecule has 0 radical (unpaired) electrons. The van der Waals surface area contributed by atoms with Crippen molar-refractivity contribution in [3.05, 3.63) is 18.0 Å². The number of methoxy groups -OCH3 is 1. The quantitative estimate of drug-likeness (QED) is 0.742. The van der Waals surface area contributed by atoms with Crippen LogP contribution in [-0.2, 0) is 4.74 Å². The lowest BCUT2D eigenvalue weighted by Crippen LogP contribution is -2.27. The van der Waals surface area contributed by atoms with Crippen molar-refractivity contribution in [1.82, 2.24) is 15.5 Å². The molecule has 4 heteroatoms. The van der Waals surface area contributed by atoms with Crippen molar-refractivity contribution in [2.45, 2.75) is 32.2 Å². The number of nitrogens with zero attached hydrogens (tertiary/aromatic N) is 1. The molecule has 1 heterocycles. The normalized spacial score (nSPS) is 19.6. The lowest BCUT2D eigenvalue weighted by Gasteiger charge is -2.19. The highest BCUT2D eigenvalue weighted by molar-refractivity contribution is 5.04. The molecule has 90 valence electrons. The smallest absolute Gasteiger partial charge is 0.0518 e. The van der Waals surface area contributed by atoms with Gasteiger partial charge in [0.05, 0.1) is 5.69 Å². The summed E-state index contributed by atoms with van der Waals surface area (Å²) in [6.45, 7) is 4.12. The van der Waals surface area contributed by atoms with Gasteiger partial charge >= 0.3 is 0 Å². The molecule has 4 nitrogen and oxygen atoms in total. The number of hydrogen-bond acceptors (Lipinski definition) is 3. The summed E-state index contributed by atoms with van der Waals surface area (Å²) in [4.78, 5) is 0. The molecule has 0 amide bonds. The first-order valence-corrected chi connectivity index (χ1v) is 5.97. The van der Waals surface area contributed by atoms with Crippen LogP contribution >= 0.6 is 0 Å². The molecule has 16 heavy (non-hydrogen) atoms. The Kier molecular flexibility index (Phi) is 3.61. The molecule has 1 aliphatic carbocycles. The van der Waals surface area contributed by atoms with E-state index in [9.17, 15) is 0 Å². The molecule has 0 spiro atoms. The summed E-state index contributed by atoms with van der Waals surface area (Å²) < 4.78 is 5.15. The Morgan fingerprint density at radius 3 is 3.00 bits per heavy atom.